The maximum absolute atomic E-state index is 10.3. The third kappa shape index (κ3) is 1.71. The van der Waals surface area contributed by atoms with E-state index in [-0.39, 0.29) is 0 Å². The Morgan fingerprint density at radius 2 is 1.83 bits per heavy atom. The van der Waals surface area contributed by atoms with E-state index in [9.17, 15) is 4.79 Å². The molecule has 12 heavy (non-hydrogen) atoms. The molecule has 2 nitrogen and oxygen atoms in total. The highest BCUT2D eigenvalue weighted by molar-refractivity contribution is 6.39. The lowest BCUT2D eigenvalue weighted by Gasteiger charge is -2.12. The van der Waals surface area contributed by atoms with Crippen LogP contribution >= 0.6 is 23.2 Å². The summed E-state index contributed by atoms with van der Waals surface area (Å²) < 4.78 is 0. The average molecular weight is 203 g/mol. The van der Waals surface area contributed by atoms with Crippen LogP contribution in [0.1, 0.15) is 0 Å². The van der Waals surface area contributed by atoms with Crippen molar-refractivity contribution in [3.63, 3.8) is 0 Å². The molecule has 0 aliphatic rings. The van der Waals surface area contributed by atoms with Gasteiger partial charge in [0.05, 0.1) is 15.7 Å². The highest BCUT2D eigenvalue weighted by Gasteiger charge is 2.09. The zero-order valence-electron chi connectivity index (χ0n) is 6.34. The minimum atomic E-state index is 0.438. The van der Waals surface area contributed by atoms with Gasteiger partial charge in [-0.05, 0) is 12.1 Å². The zero-order chi connectivity index (χ0) is 9.14. The van der Waals surface area contributed by atoms with Gasteiger partial charge in [-0.25, -0.2) is 0 Å². The van der Waals surface area contributed by atoms with E-state index in [0.29, 0.717) is 15.7 Å². The molecule has 0 aliphatic carbocycles. The molecular weight excluding hydrogens is 197 g/mol. The third-order valence-corrected chi connectivity index (χ3v) is 2.02. The number of hydrogen-bond acceptors (Lipinski definition) is 1. The van der Waals surface area contributed by atoms with Crippen LogP contribution in [0.25, 0.3) is 0 Å². The Bertz CT molecular complexity index is 281. The molecule has 0 fully saturated rings. The number of anilines is 1. The van der Waals surface area contributed by atoms with Crippen LogP contribution < -0.4 is 4.90 Å². The predicted octanol–water partition coefficient (Wildman–Crippen LogP) is 2.50. The van der Waals surface area contributed by atoms with Gasteiger partial charge < -0.3 is 4.90 Å². The molecular formula is C8H6Cl2NO. The van der Waals surface area contributed by atoms with Crippen LogP contribution in [0, 0.1) is 0 Å². The Morgan fingerprint density at radius 3 is 2.25 bits per heavy atom. The lowest BCUT2D eigenvalue weighted by atomic mass is 10.3. The first kappa shape index (κ1) is 9.36. The molecule has 0 atom stereocenters. The molecule has 4 heteroatoms. The second-order valence-electron chi connectivity index (χ2n) is 2.22. The second kappa shape index (κ2) is 3.78. The van der Waals surface area contributed by atoms with Gasteiger partial charge in [0, 0.05) is 7.05 Å². The van der Waals surface area contributed by atoms with Gasteiger partial charge in [0.25, 0.3) is 0 Å². The molecule has 0 N–H and O–H groups in total. The van der Waals surface area contributed by atoms with Crippen molar-refractivity contribution in [1.29, 1.82) is 0 Å². The summed E-state index contributed by atoms with van der Waals surface area (Å²) in [6, 6.07) is 5.04. The molecule has 0 spiro atoms. The number of nitrogens with zero attached hydrogens (tertiary/aromatic N) is 1. The second-order valence-corrected chi connectivity index (χ2v) is 3.03. The monoisotopic (exact) mass is 202 g/mol. The Balaban J connectivity index is 3.20. The number of hydrogen-bond donors (Lipinski definition) is 0. The maximum atomic E-state index is 10.3. The van der Waals surface area contributed by atoms with Crippen molar-refractivity contribution in [1.82, 2.24) is 0 Å². The first-order valence-corrected chi connectivity index (χ1v) is 3.98. The molecule has 0 aromatic heterocycles. The summed E-state index contributed by atoms with van der Waals surface area (Å²) in [4.78, 5) is 11.5. The fourth-order valence-corrected chi connectivity index (χ4v) is 1.51. The van der Waals surface area contributed by atoms with Crippen molar-refractivity contribution in [2.24, 2.45) is 0 Å². The standard InChI is InChI=1S/C8H6Cl2NO/c1-11(5-12)8-6(9)3-2-4-7(8)10/h2-4H,1H3. The topological polar surface area (TPSA) is 20.3 Å². The van der Waals surface area contributed by atoms with E-state index in [1.165, 1.54) is 4.90 Å². The molecule has 0 heterocycles. The normalized spacial score (nSPS) is 9.58. The number of rotatable bonds is 2. The van der Waals surface area contributed by atoms with Crippen LogP contribution in [0.15, 0.2) is 18.2 Å². The summed E-state index contributed by atoms with van der Waals surface area (Å²) in [5.41, 5.74) is 0.482. The van der Waals surface area contributed by atoms with Gasteiger partial charge in [-0.3, -0.25) is 4.79 Å². The molecule has 0 bridgehead atoms. The number of para-hydroxylation sites is 1. The highest BCUT2D eigenvalue weighted by Crippen LogP contribution is 2.31. The van der Waals surface area contributed by atoms with Gasteiger partial charge in [-0.2, -0.15) is 0 Å². The van der Waals surface area contributed by atoms with Crippen molar-refractivity contribution in [2.75, 3.05) is 11.9 Å². The van der Waals surface area contributed by atoms with Crippen LogP contribution in [0.2, 0.25) is 10.0 Å². The quantitative estimate of drug-likeness (QED) is 0.676. The smallest absolute Gasteiger partial charge is 0.304 e. The van der Waals surface area contributed by atoms with Crippen LogP contribution in [0.5, 0.6) is 0 Å². The highest BCUT2D eigenvalue weighted by atomic mass is 35.5. The molecule has 1 rings (SSSR count). The van der Waals surface area contributed by atoms with E-state index >= 15 is 0 Å². The summed E-state index contributed by atoms with van der Waals surface area (Å²) in [6.45, 7) is 0. The van der Waals surface area contributed by atoms with E-state index in [0.717, 1.165) is 0 Å². The van der Waals surface area contributed by atoms with Crippen molar-refractivity contribution < 1.29 is 4.79 Å². The molecule has 0 saturated heterocycles. The lowest BCUT2D eigenvalue weighted by molar-refractivity contribution is 0.554. The predicted molar refractivity (Wildman–Crippen MR) is 50.6 cm³/mol. The van der Waals surface area contributed by atoms with Gasteiger partial charge in [0.2, 0.25) is 0 Å². The van der Waals surface area contributed by atoms with Gasteiger partial charge >= 0.3 is 6.41 Å². The van der Waals surface area contributed by atoms with Crippen molar-refractivity contribution in [2.45, 2.75) is 0 Å². The number of halogens is 2. The largest absolute Gasteiger partial charge is 0.316 e. The molecule has 1 aromatic carbocycles. The minimum absolute atomic E-state index is 0.438. The van der Waals surface area contributed by atoms with E-state index < -0.39 is 0 Å². The first-order valence-electron chi connectivity index (χ1n) is 3.22. The van der Waals surface area contributed by atoms with E-state index in [1.807, 2.05) is 0 Å². The lowest BCUT2D eigenvalue weighted by Crippen LogP contribution is -2.14. The third-order valence-electron chi connectivity index (χ3n) is 1.41. The molecule has 1 amide bonds. The molecule has 1 aromatic rings. The summed E-state index contributed by atoms with van der Waals surface area (Å²) in [5, 5.41) is 0.877. The van der Waals surface area contributed by atoms with Crippen molar-refractivity contribution in [3.05, 3.63) is 28.2 Å². The van der Waals surface area contributed by atoms with Crippen LogP contribution in [0.4, 0.5) is 5.69 Å². The van der Waals surface area contributed by atoms with Crippen LogP contribution in [0.3, 0.4) is 0 Å². The molecule has 0 unspecified atom stereocenters. The zero-order valence-corrected chi connectivity index (χ0v) is 7.86. The summed E-state index contributed by atoms with van der Waals surface area (Å²) in [6.07, 6.45) is 1.68. The van der Waals surface area contributed by atoms with Gasteiger partial charge in [0.1, 0.15) is 0 Å². The Kier molecular flexibility index (Phi) is 2.95. The number of benzene rings is 1. The first-order chi connectivity index (χ1) is 5.66. The van der Waals surface area contributed by atoms with Crippen molar-refractivity contribution >= 4 is 35.3 Å². The van der Waals surface area contributed by atoms with Gasteiger partial charge in [0.15, 0.2) is 0 Å². The van der Waals surface area contributed by atoms with E-state index in [1.54, 1.807) is 31.7 Å². The average Bonchev–Trinajstić information content (AvgIpc) is 2.03. The Hall–Kier alpha value is -0.730. The minimum Gasteiger partial charge on any atom is -0.304 e. The fraction of sp³-hybridized carbons (Fsp3) is 0.125. The summed E-state index contributed by atoms with van der Waals surface area (Å²) in [5.74, 6) is 0. The van der Waals surface area contributed by atoms with Crippen molar-refractivity contribution in [3.8, 4) is 0 Å². The molecule has 63 valence electrons. The summed E-state index contributed by atoms with van der Waals surface area (Å²) in [7, 11) is 1.54. The molecule has 0 saturated carbocycles. The van der Waals surface area contributed by atoms with E-state index in [4.69, 9.17) is 23.2 Å². The fourth-order valence-electron chi connectivity index (χ4n) is 0.855. The maximum Gasteiger partial charge on any atom is 0.316 e. The van der Waals surface area contributed by atoms with Gasteiger partial charge in [-0.15, -0.1) is 0 Å². The molecule has 0 aliphatic heterocycles. The van der Waals surface area contributed by atoms with Crippen LogP contribution in [-0.4, -0.2) is 13.5 Å². The Labute approximate surface area is 80.7 Å². The number of amides is 1. The van der Waals surface area contributed by atoms with Crippen LogP contribution in [-0.2, 0) is 4.79 Å². The van der Waals surface area contributed by atoms with Gasteiger partial charge in [-0.1, -0.05) is 29.3 Å². The SMILES string of the molecule is CN([C]=O)c1c(Cl)cccc1Cl. The Morgan fingerprint density at radius 1 is 1.33 bits per heavy atom. The molecule has 1 radical (unpaired) electrons. The number of carbonyl (C=O) groups excluding carboxylic acids is 1. The van der Waals surface area contributed by atoms with E-state index in [2.05, 4.69) is 0 Å². The summed E-state index contributed by atoms with van der Waals surface area (Å²) >= 11 is 11.6.